The second kappa shape index (κ2) is 4.14. The first kappa shape index (κ1) is 12.3. The van der Waals surface area contributed by atoms with Crippen LogP contribution in [0.15, 0.2) is 0 Å². The van der Waals surface area contributed by atoms with Crippen LogP contribution in [0, 0.1) is 17.8 Å². The van der Waals surface area contributed by atoms with Crippen molar-refractivity contribution in [1.82, 2.24) is 0 Å². The summed E-state index contributed by atoms with van der Waals surface area (Å²) in [4.78, 5) is 0. The molecule has 0 radical (unpaired) electrons. The van der Waals surface area contributed by atoms with Crippen LogP contribution in [0.1, 0.15) is 46.5 Å². The maximum absolute atomic E-state index is 6.42. The molecule has 1 heterocycles. The van der Waals surface area contributed by atoms with E-state index in [1.807, 2.05) is 0 Å². The van der Waals surface area contributed by atoms with Crippen LogP contribution in [0.5, 0.6) is 0 Å². The molecule has 0 spiro atoms. The van der Waals surface area contributed by atoms with E-state index >= 15 is 0 Å². The van der Waals surface area contributed by atoms with Gasteiger partial charge in [0.25, 0.3) is 0 Å². The molecule has 4 heteroatoms. The zero-order valence-corrected chi connectivity index (χ0v) is 11.7. The van der Waals surface area contributed by atoms with Gasteiger partial charge in [-0.3, -0.25) is 0 Å². The third-order valence-corrected chi connectivity index (χ3v) is 5.28. The Bertz CT molecular complexity index is 306. The highest BCUT2D eigenvalue weighted by Crippen LogP contribution is 2.56. The first-order chi connectivity index (χ1) is 7.99. The summed E-state index contributed by atoms with van der Waals surface area (Å²) in [6.07, 6.45) is 5.09. The van der Waals surface area contributed by atoms with Crippen molar-refractivity contribution in [2.45, 2.75) is 63.4 Å². The molecule has 0 aromatic heterocycles. The van der Waals surface area contributed by atoms with E-state index in [1.54, 1.807) is 0 Å². The molecule has 1 aliphatic heterocycles. The molecule has 17 heavy (non-hydrogen) atoms. The van der Waals surface area contributed by atoms with Crippen LogP contribution in [0.2, 0.25) is 0 Å². The van der Waals surface area contributed by atoms with Gasteiger partial charge in [0.05, 0.1) is 17.0 Å². The third kappa shape index (κ3) is 1.95. The van der Waals surface area contributed by atoms with Crippen LogP contribution in [-0.2, 0) is 9.31 Å². The topological polar surface area (TPSA) is 18.5 Å². The van der Waals surface area contributed by atoms with E-state index in [-0.39, 0.29) is 18.0 Å². The average molecular weight is 257 g/mol. The Labute approximate surface area is 110 Å². The van der Waals surface area contributed by atoms with Crippen LogP contribution in [0.3, 0.4) is 0 Å². The van der Waals surface area contributed by atoms with Gasteiger partial charge in [-0.05, 0) is 50.4 Å². The van der Waals surface area contributed by atoms with E-state index in [9.17, 15) is 0 Å². The second-order valence-corrected chi connectivity index (χ2v) is 7.27. The molecule has 3 saturated carbocycles. The molecule has 2 bridgehead atoms. The molecule has 4 fully saturated rings. The zero-order valence-electron chi connectivity index (χ0n) is 11.0. The van der Waals surface area contributed by atoms with Crippen molar-refractivity contribution in [1.29, 1.82) is 0 Å². The van der Waals surface area contributed by atoms with Crippen molar-refractivity contribution in [3.63, 3.8) is 0 Å². The lowest BCUT2D eigenvalue weighted by atomic mass is 9.57. The number of hydrogen-bond donors (Lipinski definition) is 0. The summed E-state index contributed by atoms with van der Waals surface area (Å²) >= 11 is 6.42. The van der Waals surface area contributed by atoms with E-state index in [4.69, 9.17) is 20.9 Å². The molecule has 0 unspecified atom stereocenters. The Kier molecular flexibility index (Phi) is 3.00. The van der Waals surface area contributed by atoms with Crippen LogP contribution in [0.4, 0.5) is 0 Å². The Morgan fingerprint density at radius 1 is 1.35 bits per heavy atom. The Hall–Kier alpha value is 0.275. The van der Waals surface area contributed by atoms with Gasteiger partial charge in [0.15, 0.2) is 0 Å². The molecule has 4 aliphatic rings. The lowest BCUT2D eigenvalue weighted by Gasteiger charge is -2.53. The van der Waals surface area contributed by atoms with Crippen molar-refractivity contribution in [3.8, 4) is 0 Å². The van der Waals surface area contributed by atoms with E-state index in [0.29, 0.717) is 17.9 Å². The fraction of sp³-hybridized carbons (Fsp3) is 1.00. The Morgan fingerprint density at radius 2 is 2.06 bits per heavy atom. The first-order valence-corrected chi connectivity index (χ1v) is 7.40. The van der Waals surface area contributed by atoms with E-state index in [2.05, 4.69) is 20.8 Å². The van der Waals surface area contributed by atoms with E-state index in [1.165, 1.54) is 19.3 Å². The van der Waals surface area contributed by atoms with Crippen molar-refractivity contribution < 1.29 is 9.31 Å². The molecule has 3 aliphatic carbocycles. The quantitative estimate of drug-likeness (QED) is 0.570. The minimum Gasteiger partial charge on any atom is -0.404 e. The van der Waals surface area contributed by atoms with Gasteiger partial charge in [-0.1, -0.05) is 13.8 Å². The van der Waals surface area contributed by atoms with Gasteiger partial charge in [0.1, 0.15) is 0 Å². The average Bonchev–Trinajstić information content (AvgIpc) is 2.52. The minimum absolute atomic E-state index is 0.00498. The molecule has 0 N–H and O–H groups in total. The zero-order chi connectivity index (χ0) is 12.2. The van der Waals surface area contributed by atoms with Crippen LogP contribution in [0.25, 0.3) is 0 Å². The summed E-state index contributed by atoms with van der Waals surface area (Å²) in [6, 6.07) is 0. The highest BCUT2D eigenvalue weighted by atomic mass is 35.5. The number of halogens is 1. The predicted molar refractivity (Wildman–Crippen MR) is 70.0 cm³/mol. The molecular formula is C13H22BClO2. The Balaban J connectivity index is 1.67. The van der Waals surface area contributed by atoms with Gasteiger partial charge >= 0.3 is 7.12 Å². The molecule has 3 atom stereocenters. The monoisotopic (exact) mass is 256 g/mol. The van der Waals surface area contributed by atoms with E-state index in [0.717, 1.165) is 12.3 Å². The summed E-state index contributed by atoms with van der Waals surface area (Å²) in [6.45, 7) is 6.61. The lowest BCUT2D eigenvalue weighted by Crippen LogP contribution is -2.56. The molecular weight excluding hydrogens is 234 g/mol. The SMILES string of the molecule is CC(C)C[C@@H](Cl)B1O[C@@H]2C[C@H]3C[C@H](C3)[C@]2(C)O1. The third-order valence-electron chi connectivity index (χ3n) is 4.89. The maximum atomic E-state index is 6.42. The number of alkyl halides is 1. The summed E-state index contributed by atoms with van der Waals surface area (Å²) < 4.78 is 12.3. The predicted octanol–water partition coefficient (Wildman–Crippen LogP) is 3.27. The van der Waals surface area contributed by atoms with Crippen molar-refractivity contribution in [2.75, 3.05) is 0 Å². The fourth-order valence-corrected chi connectivity index (χ4v) is 4.19. The van der Waals surface area contributed by atoms with Gasteiger partial charge < -0.3 is 9.31 Å². The van der Waals surface area contributed by atoms with Crippen LogP contribution in [-0.4, -0.2) is 24.1 Å². The van der Waals surface area contributed by atoms with Gasteiger partial charge in [-0.2, -0.15) is 0 Å². The number of hydrogen-bond acceptors (Lipinski definition) is 2. The Morgan fingerprint density at radius 3 is 2.65 bits per heavy atom. The van der Waals surface area contributed by atoms with Gasteiger partial charge in [-0.25, -0.2) is 0 Å². The summed E-state index contributed by atoms with van der Waals surface area (Å²) in [5.41, 5.74) is -0.0520. The second-order valence-electron chi connectivity index (χ2n) is 6.71. The van der Waals surface area contributed by atoms with Gasteiger partial charge in [0, 0.05) is 0 Å². The molecule has 96 valence electrons. The largest absolute Gasteiger partial charge is 0.476 e. The molecule has 0 amide bonds. The van der Waals surface area contributed by atoms with Crippen molar-refractivity contribution in [3.05, 3.63) is 0 Å². The molecule has 1 saturated heterocycles. The van der Waals surface area contributed by atoms with E-state index < -0.39 is 0 Å². The first-order valence-electron chi connectivity index (χ1n) is 6.96. The van der Waals surface area contributed by atoms with Crippen molar-refractivity contribution in [2.24, 2.45) is 17.8 Å². The minimum atomic E-state index is -0.187. The standard InChI is InChI=1S/C13H22BClO2/c1-8(2)4-12(15)14-16-11-7-9-5-10(6-9)13(11,3)17-14/h8-12H,4-7H2,1-3H3/t9-,10+,11-,12-,13+/m1/s1. The normalized spacial score (nSPS) is 45.7. The highest BCUT2D eigenvalue weighted by Gasteiger charge is 2.61. The maximum Gasteiger partial charge on any atom is 0.476 e. The summed E-state index contributed by atoms with van der Waals surface area (Å²) in [7, 11) is -0.187. The fourth-order valence-electron chi connectivity index (χ4n) is 3.72. The highest BCUT2D eigenvalue weighted by molar-refractivity contribution is 6.59. The van der Waals surface area contributed by atoms with Gasteiger partial charge in [0.2, 0.25) is 0 Å². The molecule has 2 nitrogen and oxygen atoms in total. The molecule has 0 aromatic carbocycles. The van der Waals surface area contributed by atoms with Crippen molar-refractivity contribution >= 4 is 18.7 Å². The van der Waals surface area contributed by atoms with Crippen LogP contribution >= 0.6 is 11.6 Å². The molecule has 0 aromatic rings. The number of rotatable bonds is 3. The summed E-state index contributed by atoms with van der Waals surface area (Å²) in [5, 5.41) is -0.00498. The van der Waals surface area contributed by atoms with Gasteiger partial charge in [-0.15, -0.1) is 11.6 Å². The molecule has 4 rings (SSSR count). The lowest BCUT2D eigenvalue weighted by molar-refractivity contribution is -0.114. The smallest absolute Gasteiger partial charge is 0.404 e. The summed E-state index contributed by atoms with van der Waals surface area (Å²) in [5.74, 6) is 2.19. The van der Waals surface area contributed by atoms with Crippen LogP contribution < -0.4 is 0 Å².